The molecule has 0 saturated carbocycles. The predicted octanol–water partition coefficient (Wildman–Crippen LogP) is 5.25. The van der Waals surface area contributed by atoms with Gasteiger partial charge in [0.25, 0.3) is 0 Å². The molecule has 132 valence electrons. The van der Waals surface area contributed by atoms with Crippen LogP contribution in [0.5, 0.6) is 5.75 Å². The maximum Gasteiger partial charge on any atom is 0.248 e. The van der Waals surface area contributed by atoms with Crippen molar-refractivity contribution in [3.05, 3.63) is 65.2 Å². The summed E-state index contributed by atoms with van der Waals surface area (Å²) in [6.45, 7) is 6.94. The number of para-hydroxylation sites is 2. The van der Waals surface area contributed by atoms with Crippen LogP contribution in [-0.4, -0.2) is 12.5 Å². The third kappa shape index (κ3) is 5.21. The first kappa shape index (κ1) is 18.8. The number of aryl methyl sites for hydroxylation is 2. The monoisotopic (exact) mass is 337 g/mol. The average Bonchev–Trinajstić information content (AvgIpc) is 2.65. The fourth-order valence-electron chi connectivity index (χ4n) is 2.70. The number of hydrogen-bond donors (Lipinski definition) is 1. The highest BCUT2D eigenvalue weighted by Crippen LogP contribution is 2.23. The number of amides is 1. The summed E-state index contributed by atoms with van der Waals surface area (Å²) in [5, 5.41) is 3.05. The van der Waals surface area contributed by atoms with E-state index in [4.69, 9.17) is 4.74 Å². The zero-order valence-corrected chi connectivity index (χ0v) is 15.3. The van der Waals surface area contributed by atoms with Gasteiger partial charge in [-0.3, -0.25) is 4.79 Å². The summed E-state index contributed by atoms with van der Waals surface area (Å²) in [6.07, 6.45) is 6.11. The Bertz CT molecular complexity index is 712. The molecule has 3 nitrogen and oxygen atoms in total. The van der Waals surface area contributed by atoms with Gasteiger partial charge in [0, 0.05) is 17.3 Å². The lowest BCUT2D eigenvalue weighted by atomic mass is 10.0. The van der Waals surface area contributed by atoms with Crippen LogP contribution >= 0.6 is 0 Å². The molecule has 0 saturated heterocycles. The Kier molecular flexibility index (Phi) is 7.27. The van der Waals surface area contributed by atoms with Gasteiger partial charge in [-0.1, -0.05) is 57.2 Å². The second-order valence-corrected chi connectivity index (χ2v) is 5.87. The molecule has 3 heteroatoms. The second kappa shape index (κ2) is 9.67. The van der Waals surface area contributed by atoms with E-state index in [1.165, 1.54) is 0 Å². The van der Waals surface area contributed by atoms with Crippen LogP contribution in [0, 0.1) is 0 Å². The van der Waals surface area contributed by atoms with Crippen molar-refractivity contribution in [2.75, 3.05) is 11.9 Å². The molecular weight excluding hydrogens is 310 g/mol. The smallest absolute Gasteiger partial charge is 0.248 e. The molecule has 2 aromatic carbocycles. The highest BCUT2D eigenvalue weighted by Gasteiger charge is 2.08. The molecule has 2 aromatic rings. The number of anilines is 1. The molecule has 1 amide bonds. The van der Waals surface area contributed by atoms with E-state index in [2.05, 4.69) is 38.2 Å². The summed E-state index contributed by atoms with van der Waals surface area (Å²) >= 11 is 0. The minimum Gasteiger partial charge on any atom is -0.493 e. The number of carbonyl (C=O) groups is 1. The van der Waals surface area contributed by atoms with E-state index in [0.29, 0.717) is 6.61 Å². The molecule has 0 spiro atoms. The lowest BCUT2D eigenvalue weighted by Gasteiger charge is -2.13. The average molecular weight is 337 g/mol. The van der Waals surface area contributed by atoms with Crippen molar-refractivity contribution in [3.63, 3.8) is 0 Å². The standard InChI is InChI=1S/C22H27NO2/c1-4-16-25-20-13-8-7-10-19(20)14-15-21(24)23-22-17(5-2)11-9-12-18(22)6-3/h7-15H,4-6,16H2,1-3H3,(H,23,24)/b15-14+. The molecule has 0 aliphatic rings. The number of carbonyl (C=O) groups excluding carboxylic acids is 1. The van der Waals surface area contributed by atoms with Crippen molar-refractivity contribution in [1.82, 2.24) is 0 Å². The third-order valence-corrected chi connectivity index (χ3v) is 4.04. The number of hydrogen-bond acceptors (Lipinski definition) is 2. The molecule has 0 radical (unpaired) electrons. The number of ether oxygens (including phenoxy) is 1. The summed E-state index contributed by atoms with van der Waals surface area (Å²) in [6, 6.07) is 13.9. The Morgan fingerprint density at radius 2 is 1.68 bits per heavy atom. The van der Waals surface area contributed by atoms with Gasteiger partial charge in [0.05, 0.1) is 6.61 Å². The lowest BCUT2D eigenvalue weighted by Crippen LogP contribution is -2.11. The van der Waals surface area contributed by atoms with Crippen LogP contribution in [0.25, 0.3) is 6.08 Å². The Labute approximate surface area is 150 Å². The van der Waals surface area contributed by atoms with Crippen molar-refractivity contribution < 1.29 is 9.53 Å². The van der Waals surface area contributed by atoms with Gasteiger partial charge in [0.1, 0.15) is 5.75 Å². The SMILES string of the molecule is CCCOc1ccccc1/C=C/C(=O)Nc1c(CC)cccc1CC. The topological polar surface area (TPSA) is 38.3 Å². The third-order valence-electron chi connectivity index (χ3n) is 4.04. The molecule has 2 rings (SSSR count). The fraction of sp³-hybridized carbons (Fsp3) is 0.318. The first-order chi connectivity index (χ1) is 12.2. The van der Waals surface area contributed by atoms with Crippen LogP contribution in [0.3, 0.4) is 0 Å². The van der Waals surface area contributed by atoms with Crippen LogP contribution < -0.4 is 10.1 Å². The van der Waals surface area contributed by atoms with E-state index < -0.39 is 0 Å². The van der Waals surface area contributed by atoms with E-state index in [-0.39, 0.29) is 5.91 Å². The normalized spacial score (nSPS) is 10.8. The largest absolute Gasteiger partial charge is 0.493 e. The van der Waals surface area contributed by atoms with Crippen molar-refractivity contribution in [2.24, 2.45) is 0 Å². The van der Waals surface area contributed by atoms with Crippen LogP contribution in [0.1, 0.15) is 43.9 Å². The Morgan fingerprint density at radius 1 is 1.00 bits per heavy atom. The van der Waals surface area contributed by atoms with Crippen molar-refractivity contribution >= 4 is 17.7 Å². The van der Waals surface area contributed by atoms with E-state index in [1.807, 2.05) is 30.3 Å². The molecule has 0 unspecified atom stereocenters. The molecule has 0 heterocycles. The van der Waals surface area contributed by atoms with E-state index in [0.717, 1.165) is 47.4 Å². The van der Waals surface area contributed by atoms with Gasteiger partial charge < -0.3 is 10.1 Å². The molecule has 0 aromatic heterocycles. The summed E-state index contributed by atoms with van der Waals surface area (Å²) in [4.78, 5) is 12.4. The van der Waals surface area contributed by atoms with Gasteiger partial charge in [-0.15, -0.1) is 0 Å². The first-order valence-corrected chi connectivity index (χ1v) is 9.01. The number of nitrogens with one attached hydrogen (secondary N) is 1. The lowest BCUT2D eigenvalue weighted by molar-refractivity contribution is -0.111. The number of rotatable bonds is 8. The predicted molar refractivity (Wildman–Crippen MR) is 105 cm³/mol. The van der Waals surface area contributed by atoms with Gasteiger partial charge in [-0.2, -0.15) is 0 Å². The molecular formula is C22H27NO2. The van der Waals surface area contributed by atoms with E-state index in [9.17, 15) is 4.79 Å². The Balaban J connectivity index is 2.15. The van der Waals surface area contributed by atoms with Crippen molar-refractivity contribution in [3.8, 4) is 5.75 Å². The molecule has 1 N–H and O–H groups in total. The van der Waals surface area contributed by atoms with Crippen molar-refractivity contribution in [1.29, 1.82) is 0 Å². The minimum absolute atomic E-state index is 0.124. The maximum atomic E-state index is 12.4. The summed E-state index contributed by atoms with van der Waals surface area (Å²) < 4.78 is 5.73. The van der Waals surface area contributed by atoms with Gasteiger partial charge in [-0.25, -0.2) is 0 Å². The Morgan fingerprint density at radius 3 is 2.32 bits per heavy atom. The van der Waals surface area contributed by atoms with Crippen LogP contribution in [0.2, 0.25) is 0 Å². The maximum absolute atomic E-state index is 12.4. The first-order valence-electron chi connectivity index (χ1n) is 9.01. The summed E-state index contributed by atoms with van der Waals surface area (Å²) in [5.41, 5.74) is 4.17. The minimum atomic E-state index is -0.124. The highest BCUT2D eigenvalue weighted by molar-refractivity contribution is 6.03. The molecule has 0 fully saturated rings. The number of benzene rings is 2. The molecule has 25 heavy (non-hydrogen) atoms. The molecule has 0 aliphatic heterocycles. The van der Waals surface area contributed by atoms with Gasteiger partial charge in [0.2, 0.25) is 5.91 Å². The van der Waals surface area contributed by atoms with E-state index >= 15 is 0 Å². The fourth-order valence-corrected chi connectivity index (χ4v) is 2.70. The zero-order chi connectivity index (χ0) is 18.1. The summed E-state index contributed by atoms with van der Waals surface area (Å²) in [5.74, 6) is 0.678. The molecule has 0 bridgehead atoms. The van der Waals surface area contributed by atoms with Crippen LogP contribution in [-0.2, 0) is 17.6 Å². The van der Waals surface area contributed by atoms with E-state index in [1.54, 1.807) is 12.2 Å². The van der Waals surface area contributed by atoms with Crippen molar-refractivity contribution in [2.45, 2.75) is 40.0 Å². The quantitative estimate of drug-likeness (QED) is 0.668. The molecule has 0 aliphatic carbocycles. The van der Waals surface area contributed by atoms with Crippen LogP contribution in [0.4, 0.5) is 5.69 Å². The molecule has 0 atom stereocenters. The highest BCUT2D eigenvalue weighted by atomic mass is 16.5. The Hall–Kier alpha value is -2.55. The van der Waals surface area contributed by atoms with Crippen LogP contribution in [0.15, 0.2) is 48.5 Å². The van der Waals surface area contributed by atoms with Gasteiger partial charge >= 0.3 is 0 Å². The second-order valence-electron chi connectivity index (χ2n) is 5.87. The zero-order valence-electron chi connectivity index (χ0n) is 15.3. The summed E-state index contributed by atoms with van der Waals surface area (Å²) in [7, 11) is 0. The van der Waals surface area contributed by atoms with Gasteiger partial charge in [-0.05, 0) is 42.5 Å². The van der Waals surface area contributed by atoms with Gasteiger partial charge in [0.15, 0.2) is 0 Å².